The molecule has 2 aliphatic rings. The second-order valence-electron chi connectivity index (χ2n) is 3.85. The maximum absolute atomic E-state index is 5.45. The predicted molar refractivity (Wildman–Crippen MR) is 44.6 cm³/mol. The molecule has 64 valence electrons. The molecule has 3 atom stereocenters. The van der Waals surface area contributed by atoms with E-state index in [9.17, 15) is 0 Å². The Labute approximate surface area is 68.5 Å². The van der Waals surface area contributed by atoms with Crippen molar-refractivity contribution in [1.82, 2.24) is 4.90 Å². The first-order valence-corrected chi connectivity index (χ1v) is 4.56. The fourth-order valence-corrected chi connectivity index (χ4v) is 2.49. The highest BCUT2D eigenvalue weighted by atomic mass is 16.5. The molecule has 1 heterocycles. The summed E-state index contributed by atoms with van der Waals surface area (Å²) in [5.74, 6) is 0.846. The summed E-state index contributed by atoms with van der Waals surface area (Å²) in [6, 6.07) is 0.841. The topological polar surface area (TPSA) is 12.5 Å². The monoisotopic (exact) mass is 155 g/mol. The number of hydrogen-bond acceptors (Lipinski definition) is 2. The lowest BCUT2D eigenvalue weighted by Crippen LogP contribution is -2.55. The minimum absolute atomic E-state index is 0.560. The van der Waals surface area contributed by atoms with Crippen LogP contribution in [0.25, 0.3) is 0 Å². The summed E-state index contributed by atoms with van der Waals surface area (Å²) in [4.78, 5) is 2.49. The normalized spacial score (nSPS) is 44.7. The van der Waals surface area contributed by atoms with Crippen molar-refractivity contribution in [2.45, 2.75) is 31.4 Å². The van der Waals surface area contributed by atoms with Crippen LogP contribution in [0.5, 0.6) is 0 Å². The van der Waals surface area contributed by atoms with Crippen LogP contribution >= 0.6 is 0 Å². The fourth-order valence-electron chi connectivity index (χ4n) is 2.49. The lowest BCUT2D eigenvalue weighted by atomic mass is 9.72. The number of nitrogens with zero attached hydrogens (tertiary/aromatic N) is 1. The van der Waals surface area contributed by atoms with Crippen LogP contribution in [0.2, 0.25) is 0 Å². The Kier molecular flexibility index (Phi) is 1.90. The van der Waals surface area contributed by atoms with Gasteiger partial charge in [0.15, 0.2) is 0 Å². The maximum Gasteiger partial charge on any atom is 0.0626 e. The third-order valence-corrected chi connectivity index (χ3v) is 3.40. The zero-order chi connectivity index (χ0) is 7.84. The van der Waals surface area contributed by atoms with Gasteiger partial charge < -0.3 is 9.64 Å². The van der Waals surface area contributed by atoms with Gasteiger partial charge in [0.05, 0.1) is 6.10 Å². The standard InChI is InChI=1S/C9H17NO/c1-10-6-5-9(11-2)7-3-4-8(7)10/h7-9H,3-6H2,1-2H3. The number of rotatable bonds is 1. The van der Waals surface area contributed by atoms with E-state index in [-0.39, 0.29) is 0 Å². The first-order valence-electron chi connectivity index (χ1n) is 4.56. The van der Waals surface area contributed by atoms with E-state index in [0.29, 0.717) is 6.10 Å². The van der Waals surface area contributed by atoms with Gasteiger partial charge in [-0.1, -0.05) is 0 Å². The maximum atomic E-state index is 5.45. The van der Waals surface area contributed by atoms with Crippen LogP contribution in [0.4, 0.5) is 0 Å². The Morgan fingerprint density at radius 2 is 2.09 bits per heavy atom. The van der Waals surface area contributed by atoms with Crippen LogP contribution in [0.3, 0.4) is 0 Å². The number of likely N-dealkylation sites (tertiary alicyclic amines) is 1. The first kappa shape index (κ1) is 7.56. The minimum Gasteiger partial charge on any atom is -0.381 e. The van der Waals surface area contributed by atoms with Crippen molar-refractivity contribution in [3.8, 4) is 0 Å². The van der Waals surface area contributed by atoms with Crippen LogP contribution in [0.1, 0.15) is 19.3 Å². The number of fused-ring (bicyclic) bond motifs is 1. The molecule has 2 heteroatoms. The van der Waals surface area contributed by atoms with Gasteiger partial charge in [-0.3, -0.25) is 0 Å². The summed E-state index contributed by atoms with van der Waals surface area (Å²) >= 11 is 0. The molecule has 0 N–H and O–H groups in total. The molecule has 0 radical (unpaired) electrons. The third kappa shape index (κ3) is 1.09. The first-order chi connectivity index (χ1) is 5.33. The highest BCUT2D eigenvalue weighted by Gasteiger charge is 2.42. The lowest BCUT2D eigenvalue weighted by molar-refractivity contribution is -0.0771. The minimum atomic E-state index is 0.560. The molecule has 0 bridgehead atoms. The summed E-state index contributed by atoms with van der Waals surface area (Å²) in [6.45, 7) is 1.22. The van der Waals surface area contributed by atoms with Crippen molar-refractivity contribution < 1.29 is 4.74 Å². The van der Waals surface area contributed by atoms with E-state index < -0.39 is 0 Å². The number of piperidine rings is 1. The summed E-state index contributed by atoms with van der Waals surface area (Å²) in [5.41, 5.74) is 0. The summed E-state index contributed by atoms with van der Waals surface area (Å²) in [7, 11) is 4.09. The zero-order valence-corrected chi connectivity index (χ0v) is 7.42. The van der Waals surface area contributed by atoms with E-state index >= 15 is 0 Å². The molecule has 2 rings (SSSR count). The highest BCUT2D eigenvalue weighted by Crippen LogP contribution is 2.39. The van der Waals surface area contributed by atoms with E-state index in [2.05, 4.69) is 11.9 Å². The molecular formula is C9H17NO. The number of hydrogen-bond donors (Lipinski definition) is 0. The second kappa shape index (κ2) is 2.76. The van der Waals surface area contributed by atoms with E-state index in [1.54, 1.807) is 0 Å². The van der Waals surface area contributed by atoms with E-state index in [4.69, 9.17) is 4.74 Å². The molecule has 1 saturated carbocycles. The largest absolute Gasteiger partial charge is 0.381 e. The van der Waals surface area contributed by atoms with Crippen LogP contribution in [-0.4, -0.2) is 37.7 Å². The molecule has 2 nitrogen and oxygen atoms in total. The molecule has 1 saturated heterocycles. The van der Waals surface area contributed by atoms with E-state index in [0.717, 1.165) is 12.0 Å². The average Bonchev–Trinajstić information content (AvgIpc) is 1.93. The Morgan fingerprint density at radius 3 is 2.64 bits per heavy atom. The van der Waals surface area contributed by atoms with Crippen LogP contribution in [-0.2, 0) is 4.74 Å². The van der Waals surface area contributed by atoms with Crippen LogP contribution in [0, 0.1) is 5.92 Å². The Balaban J connectivity index is 1.99. The van der Waals surface area contributed by atoms with Gasteiger partial charge in [0.2, 0.25) is 0 Å². The molecule has 11 heavy (non-hydrogen) atoms. The third-order valence-electron chi connectivity index (χ3n) is 3.40. The molecule has 0 aromatic carbocycles. The Morgan fingerprint density at radius 1 is 1.27 bits per heavy atom. The summed E-state index contributed by atoms with van der Waals surface area (Å²) < 4.78 is 5.45. The molecular weight excluding hydrogens is 138 g/mol. The van der Waals surface area contributed by atoms with Gasteiger partial charge in [-0.25, -0.2) is 0 Å². The van der Waals surface area contributed by atoms with Crippen LogP contribution < -0.4 is 0 Å². The SMILES string of the molecule is COC1CCN(C)C2CCC12. The summed E-state index contributed by atoms with van der Waals surface area (Å²) in [6.07, 6.45) is 4.56. The van der Waals surface area contributed by atoms with Gasteiger partial charge in [-0.15, -0.1) is 0 Å². The fraction of sp³-hybridized carbons (Fsp3) is 1.00. The van der Waals surface area contributed by atoms with Gasteiger partial charge in [0.25, 0.3) is 0 Å². The molecule has 3 unspecified atom stereocenters. The van der Waals surface area contributed by atoms with Gasteiger partial charge >= 0.3 is 0 Å². The Bertz CT molecular complexity index is 144. The van der Waals surface area contributed by atoms with Crippen molar-refractivity contribution in [3.63, 3.8) is 0 Å². The van der Waals surface area contributed by atoms with Gasteiger partial charge in [-0.05, 0) is 26.3 Å². The van der Waals surface area contributed by atoms with Crippen molar-refractivity contribution in [2.24, 2.45) is 5.92 Å². The van der Waals surface area contributed by atoms with Crippen molar-refractivity contribution in [1.29, 1.82) is 0 Å². The molecule has 1 aliphatic heterocycles. The lowest BCUT2D eigenvalue weighted by Gasteiger charge is -2.50. The van der Waals surface area contributed by atoms with E-state index in [1.807, 2.05) is 7.11 Å². The summed E-state index contributed by atoms with van der Waals surface area (Å²) in [5, 5.41) is 0. The number of ether oxygens (including phenoxy) is 1. The molecule has 1 aliphatic carbocycles. The van der Waals surface area contributed by atoms with Gasteiger partial charge in [0.1, 0.15) is 0 Å². The quantitative estimate of drug-likeness (QED) is 0.562. The van der Waals surface area contributed by atoms with Crippen molar-refractivity contribution in [2.75, 3.05) is 20.7 Å². The molecule has 0 spiro atoms. The predicted octanol–water partition coefficient (Wildman–Crippen LogP) is 1.12. The second-order valence-corrected chi connectivity index (χ2v) is 3.85. The molecule has 2 fully saturated rings. The Hall–Kier alpha value is -0.0800. The van der Waals surface area contributed by atoms with Gasteiger partial charge in [-0.2, -0.15) is 0 Å². The average molecular weight is 155 g/mol. The van der Waals surface area contributed by atoms with Gasteiger partial charge in [0, 0.05) is 25.6 Å². The molecule has 0 aromatic heterocycles. The zero-order valence-electron chi connectivity index (χ0n) is 7.42. The molecule has 0 amide bonds. The number of methoxy groups -OCH3 is 1. The smallest absolute Gasteiger partial charge is 0.0626 e. The molecule has 0 aromatic rings. The van der Waals surface area contributed by atoms with E-state index in [1.165, 1.54) is 25.8 Å². The highest BCUT2D eigenvalue weighted by molar-refractivity contribution is 4.96. The van der Waals surface area contributed by atoms with Crippen LogP contribution in [0.15, 0.2) is 0 Å². The van der Waals surface area contributed by atoms with Crippen molar-refractivity contribution in [3.05, 3.63) is 0 Å². The van der Waals surface area contributed by atoms with Crippen molar-refractivity contribution >= 4 is 0 Å².